The van der Waals surface area contributed by atoms with Crippen LogP contribution in [0.4, 0.5) is 4.39 Å². The van der Waals surface area contributed by atoms with Gasteiger partial charge in [-0.15, -0.1) is 0 Å². The quantitative estimate of drug-likeness (QED) is 0.872. The smallest absolute Gasteiger partial charge is 0.248 e. The first-order valence-electron chi connectivity index (χ1n) is 4.93. The number of carbonyl (C=O) groups excluding carboxylic acids is 1. The summed E-state index contributed by atoms with van der Waals surface area (Å²) >= 11 is 5.60. The number of hydrogen-bond acceptors (Lipinski definition) is 1. The maximum atomic E-state index is 13.3. The lowest BCUT2D eigenvalue weighted by atomic mass is 10.0. The SMILES string of the molecule is NC(=O)c1cccc(-c2ccc(Cl)c(F)c2)c1. The van der Waals surface area contributed by atoms with Crippen LogP contribution in [0.2, 0.25) is 5.02 Å². The van der Waals surface area contributed by atoms with Crippen molar-refractivity contribution in [1.29, 1.82) is 0 Å². The van der Waals surface area contributed by atoms with E-state index in [2.05, 4.69) is 0 Å². The van der Waals surface area contributed by atoms with Gasteiger partial charge in [0.05, 0.1) is 5.02 Å². The number of benzene rings is 2. The number of rotatable bonds is 2. The largest absolute Gasteiger partial charge is 0.366 e. The molecule has 0 radical (unpaired) electrons. The molecule has 2 nitrogen and oxygen atoms in total. The van der Waals surface area contributed by atoms with Crippen molar-refractivity contribution in [3.05, 3.63) is 58.9 Å². The molecular weight excluding hydrogens is 241 g/mol. The topological polar surface area (TPSA) is 43.1 Å². The van der Waals surface area contributed by atoms with Gasteiger partial charge in [-0.3, -0.25) is 4.79 Å². The second-order valence-corrected chi connectivity index (χ2v) is 3.98. The Hall–Kier alpha value is -1.87. The molecule has 0 spiro atoms. The Morgan fingerprint density at radius 3 is 2.47 bits per heavy atom. The molecule has 2 N–H and O–H groups in total. The van der Waals surface area contributed by atoms with Gasteiger partial charge in [0.1, 0.15) is 5.82 Å². The molecule has 0 aliphatic heterocycles. The molecule has 4 heteroatoms. The zero-order valence-electron chi connectivity index (χ0n) is 8.78. The van der Waals surface area contributed by atoms with E-state index >= 15 is 0 Å². The van der Waals surface area contributed by atoms with E-state index in [9.17, 15) is 9.18 Å². The van der Waals surface area contributed by atoms with Crippen molar-refractivity contribution < 1.29 is 9.18 Å². The fourth-order valence-electron chi connectivity index (χ4n) is 1.53. The maximum Gasteiger partial charge on any atom is 0.248 e. The normalized spacial score (nSPS) is 10.2. The molecule has 86 valence electrons. The van der Waals surface area contributed by atoms with E-state index in [1.165, 1.54) is 12.1 Å². The average molecular weight is 250 g/mol. The molecule has 2 aromatic rings. The molecule has 0 aliphatic carbocycles. The molecule has 2 rings (SSSR count). The summed E-state index contributed by atoms with van der Waals surface area (Å²) in [5, 5.41) is 0.0693. The molecule has 0 heterocycles. The lowest BCUT2D eigenvalue weighted by Crippen LogP contribution is -2.10. The summed E-state index contributed by atoms with van der Waals surface area (Å²) in [4.78, 5) is 11.0. The van der Waals surface area contributed by atoms with Crippen LogP contribution in [0.5, 0.6) is 0 Å². The van der Waals surface area contributed by atoms with Crippen molar-refractivity contribution in [1.82, 2.24) is 0 Å². The van der Waals surface area contributed by atoms with Crippen LogP contribution >= 0.6 is 11.6 Å². The Bertz CT molecular complexity index is 583. The first-order valence-corrected chi connectivity index (χ1v) is 5.31. The Morgan fingerprint density at radius 2 is 1.82 bits per heavy atom. The molecule has 1 amide bonds. The van der Waals surface area contributed by atoms with E-state index in [1.54, 1.807) is 30.3 Å². The van der Waals surface area contributed by atoms with Crippen molar-refractivity contribution >= 4 is 17.5 Å². The maximum absolute atomic E-state index is 13.3. The van der Waals surface area contributed by atoms with Crippen molar-refractivity contribution in [3.63, 3.8) is 0 Å². The minimum atomic E-state index is -0.513. The Balaban J connectivity index is 2.49. The lowest BCUT2D eigenvalue weighted by molar-refractivity contribution is 0.100. The van der Waals surface area contributed by atoms with Crippen LogP contribution in [0.1, 0.15) is 10.4 Å². The second kappa shape index (κ2) is 4.55. The minimum Gasteiger partial charge on any atom is -0.366 e. The van der Waals surface area contributed by atoms with Crippen LogP contribution in [0.25, 0.3) is 11.1 Å². The van der Waals surface area contributed by atoms with E-state index in [4.69, 9.17) is 17.3 Å². The number of hydrogen-bond donors (Lipinski definition) is 1. The molecule has 0 fully saturated rings. The molecule has 0 aromatic heterocycles. The number of amides is 1. The highest BCUT2D eigenvalue weighted by molar-refractivity contribution is 6.30. The van der Waals surface area contributed by atoms with Crippen LogP contribution in [0.3, 0.4) is 0 Å². The molecule has 0 aliphatic rings. The zero-order chi connectivity index (χ0) is 12.4. The van der Waals surface area contributed by atoms with Gasteiger partial charge in [-0.05, 0) is 35.4 Å². The van der Waals surface area contributed by atoms with Gasteiger partial charge in [0.25, 0.3) is 0 Å². The fraction of sp³-hybridized carbons (Fsp3) is 0. The van der Waals surface area contributed by atoms with Crippen LogP contribution in [0, 0.1) is 5.82 Å². The predicted octanol–water partition coefficient (Wildman–Crippen LogP) is 3.25. The van der Waals surface area contributed by atoms with Crippen molar-refractivity contribution in [3.8, 4) is 11.1 Å². The van der Waals surface area contributed by atoms with E-state index < -0.39 is 11.7 Å². The number of nitrogens with two attached hydrogens (primary N) is 1. The van der Waals surface area contributed by atoms with Gasteiger partial charge in [0.2, 0.25) is 5.91 Å². The summed E-state index contributed by atoms with van der Waals surface area (Å²) in [5.41, 5.74) is 6.93. The minimum absolute atomic E-state index is 0.0693. The molecule has 17 heavy (non-hydrogen) atoms. The first-order chi connectivity index (χ1) is 8.08. The van der Waals surface area contributed by atoms with Gasteiger partial charge >= 0.3 is 0 Å². The Kier molecular flexibility index (Phi) is 3.11. The lowest BCUT2D eigenvalue weighted by Gasteiger charge is -2.04. The van der Waals surface area contributed by atoms with Crippen molar-refractivity contribution in [2.45, 2.75) is 0 Å². The van der Waals surface area contributed by atoms with E-state index in [0.717, 1.165) is 5.56 Å². The highest BCUT2D eigenvalue weighted by atomic mass is 35.5. The number of primary amides is 1. The average Bonchev–Trinajstić information content (AvgIpc) is 2.33. The Labute approximate surface area is 103 Å². The van der Waals surface area contributed by atoms with Gasteiger partial charge < -0.3 is 5.73 Å². The van der Waals surface area contributed by atoms with Gasteiger partial charge in [0, 0.05) is 5.56 Å². The molecule has 0 atom stereocenters. The van der Waals surface area contributed by atoms with Gasteiger partial charge in [0.15, 0.2) is 0 Å². The van der Waals surface area contributed by atoms with Crippen LogP contribution in [-0.4, -0.2) is 5.91 Å². The molecule has 0 saturated carbocycles. The molecule has 0 saturated heterocycles. The van der Waals surface area contributed by atoms with Crippen LogP contribution < -0.4 is 5.73 Å². The summed E-state index contributed by atoms with van der Waals surface area (Å²) in [7, 11) is 0. The van der Waals surface area contributed by atoms with Crippen LogP contribution in [0.15, 0.2) is 42.5 Å². The van der Waals surface area contributed by atoms with Gasteiger partial charge in [-0.1, -0.05) is 29.8 Å². The zero-order valence-corrected chi connectivity index (χ0v) is 9.54. The van der Waals surface area contributed by atoms with Gasteiger partial charge in [-0.2, -0.15) is 0 Å². The standard InChI is InChI=1S/C13H9ClFNO/c14-11-5-4-9(7-12(11)15)8-2-1-3-10(6-8)13(16)17/h1-7H,(H2,16,17). The van der Waals surface area contributed by atoms with Crippen LogP contribution in [-0.2, 0) is 0 Å². The van der Waals surface area contributed by atoms with E-state index in [1.807, 2.05) is 0 Å². The van der Waals surface area contributed by atoms with Crippen molar-refractivity contribution in [2.75, 3.05) is 0 Å². The summed E-state index contributed by atoms with van der Waals surface area (Å²) in [6.07, 6.45) is 0. The van der Waals surface area contributed by atoms with E-state index in [0.29, 0.717) is 11.1 Å². The molecule has 2 aromatic carbocycles. The predicted molar refractivity (Wildman–Crippen MR) is 65.4 cm³/mol. The summed E-state index contributed by atoms with van der Waals surface area (Å²) in [5.74, 6) is -1.00. The molecular formula is C13H9ClFNO. The third-order valence-electron chi connectivity index (χ3n) is 2.40. The number of halogens is 2. The summed E-state index contributed by atoms with van der Waals surface area (Å²) in [6, 6.07) is 11.2. The molecule has 0 unspecified atom stereocenters. The third kappa shape index (κ3) is 2.45. The highest BCUT2D eigenvalue weighted by Crippen LogP contribution is 2.24. The van der Waals surface area contributed by atoms with Gasteiger partial charge in [-0.25, -0.2) is 4.39 Å². The third-order valence-corrected chi connectivity index (χ3v) is 2.71. The van der Waals surface area contributed by atoms with Crippen molar-refractivity contribution in [2.24, 2.45) is 5.73 Å². The summed E-state index contributed by atoms with van der Waals surface area (Å²) < 4.78 is 13.3. The highest BCUT2D eigenvalue weighted by Gasteiger charge is 2.05. The number of carbonyl (C=O) groups is 1. The Morgan fingerprint density at radius 1 is 1.12 bits per heavy atom. The fourth-order valence-corrected chi connectivity index (χ4v) is 1.65. The van der Waals surface area contributed by atoms with E-state index in [-0.39, 0.29) is 5.02 Å². The first kappa shape index (κ1) is 11.6. The summed E-state index contributed by atoms with van der Waals surface area (Å²) in [6.45, 7) is 0. The second-order valence-electron chi connectivity index (χ2n) is 3.57. The molecule has 0 bridgehead atoms. The monoisotopic (exact) mass is 249 g/mol.